The largest absolute Gasteiger partial charge is 0.378 e. The van der Waals surface area contributed by atoms with E-state index in [1.165, 1.54) is 4.88 Å². The molecule has 1 saturated heterocycles. The van der Waals surface area contributed by atoms with Gasteiger partial charge in [0.05, 0.1) is 13.2 Å². The highest BCUT2D eigenvalue weighted by Crippen LogP contribution is 2.23. The average molecular weight is 331 g/mol. The molecule has 4 heterocycles. The fourth-order valence-corrected chi connectivity index (χ4v) is 3.27. The molecule has 120 valence electrons. The van der Waals surface area contributed by atoms with Crippen molar-refractivity contribution in [2.45, 2.75) is 6.42 Å². The van der Waals surface area contributed by atoms with Crippen molar-refractivity contribution >= 4 is 34.3 Å². The second-order valence-corrected chi connectivity index (χ2v) is 6.25. The molecule has 3 aromatic rings. The van der Waals surface area contributed by atoms with Gasteiger partial charge in [-0.25, -0.2) is 0 Å². The molecule has 2 N–H and O–H groups in total. The maximum absolute atomic E-state index is 5.41. The Labute approximate surface area is 136 Å². The Kier molecular flexibility index (Phi) is 4.03. The number of aromatic nitrogens is 5. The first kappa shape index (κ1) is 14.3. The van der Waals surface area contributed by atoms with E-state index in [1.54, 1.807) is 11.3 Å². The number of fused-ring (bicyclic) bond motifs is 1. The van der Waals surface area contributed by atoms with Crippen molar-refractivity contribution in [3.8, 4) is 0 Å². The van der Waals surface area contributed by atoms with Crippen molar-refractivity contribution in [3.05, 3.63) is 22.4 Å². The van der Waals surface area contributed by atoms with Gasteiger partial charge < -0.3 is 15.0 Å². The molecule has 0 aliphatic carbocycles. The molecule has 0 amide bonds. The van der Waals surface area contributed by atoms with Gasteiger partial charge in [-0.1, -0.05) is 6.07 Å². The Hall–Kier alpha value is -2.26. The van der Waals surface area contributed by atoms with Gasteiger partial charge in [0, 0.05) is 24.5 Å². The number of aromatic amines is 1. The Morgan fingerprint density at radius 3 is 3.00 bits per heavy atom. The molecule has 0 aromatic carbocycles. The summed E-state index contributed by atoms with van der Waals surface area (Å²) in [7, 11) is 0. The molecular weight excluding hydrogens is 314 g/mol. The predicted octanol–water partition coefficient (Wildman–Crippen LogP) is 1.30. The molecule has 0 atom stereocenters. The van der Waals surface area contributed by atoms with Gasteiger partial charge >= 0.3 is 0 Å². The fraction of sp³-hybridized carbons (Fsp3) is 0.429. The lowest BCUT2D eigenvalue weighted by Crippen LogP contribution is -2.37. The van der Waals surface area contributed by atoms with Crippen molar-refractivity contribution in [2.24, 2.45) is 0 Å². The molecule has 3 aromatic heterocycles. The zero-order valence-electron chi connectivity index (χ0n) is 12.5. The summed E-state index contributed by atoms with van der Waals surface area (Å²) in [5.74, 6) is 1.40. The number of hydrogen-bond acceptors (Lipinski definition) is 8. The van der Waals surface area contributed by atoms with Crippen LogP contribution in [0, 0.1) is 0 Å². The van der Waals surface area contributed by atoms with Crippen LogP contribution in [0.15, 0.2) is 17.5 Å². The summed E-state index contributed by atoms with van der Waals surface area (Å²) in [5, 5.41) is 16.3. The number of H-pyrrole nitrogens is 1. The minimum atomic E-state index is 0.583. The van der Waals surface area contributed by atoms with Crippen LogP contribution in [-0.2, 0) is 11.2 Å². The molecule has 23 heavy (non-hydrogen) atoms. The molecule has 9 heteroatoms. The monoisotopic (exact) mass is 331 g/mol. The van der Waals surface area contributed by atoms with Crippen LogP contribution in [-0.4, -0.2) is 58.2 Å². The maximum Gasteiger partial charge on any atom is 0.226 e. The van der Waals surface area contributed by atoms with Crippen LogP contribution < -0.4 is 10.2 Å². The average Bonchev–Trinajstić information content (AvgIpc) is 3.26. The molecule has 1 aliphatic rings. The number of morpholine rings is 1. The van der Waals surface area contributed by atoms with Crippen LogP contribution in [0.3, 0.4) is 0 Å². The van der Waals surface area contributed by atoms with Crippen molar-refractivity contribution in [3.63, 3.8) is 0 Å². The molecule has 0 saturated carbocycles. The van der Waals surface area contributed by atoms with Crippen LogP contribution in [0.25, 0.3) is 11.2 Å². The normalized spacial score (nSPS) is 15.2. The van der Waals surface area contributed by atoms with Gasteiger partial charge in [-0.2, -0.15) is 20.3 Å². The number of ether oxygens (including phenoxy) is 1. The molecular formula is C14H17N7OS. The molecule has 1 fully saturated rings. The van der Waals surface area contributed by atoms with E-state index >= 15 is 0 Å². The highest BCUT2D eigenvalue weighted by molar-refractivity contribution is 7.09. The third-order valence-electron chi connectivity index (χ3n) is 3.71. The van der Waals surface area contributed by atoms with E-state index in [0.29, 0.717) is 30.3 Å². The van der Waals surface area contributed by atoms with Gasteiger partial charge in [-0.15, -0.1) is 16.4 Å². The van der Waals surface area contributed by atoms with Crippen molar-refractivity contribution in [1.82, 2.24) is 25.4 Å². The third kappa shape index (κ3) is 3.10. The predicted molar refractivity (Wildman–Crippen MR) is 89.0 cm³/mol. The Bertz CT molecular complexity index is 767. The van der Waals surface area contributed by atoms with Crippen molar-refractivity contribution in [2.75, 3.05) is 43.1 Å². The van der Waals surface area contributed by atoms with E-state index in [9.17, 15) is 0 Å². The molecule has 8 nitrogen and oxygen atoms in total. The minimum Gasteiger partial charge on any atom is -0.378 e. The van der Waals surface area contributed by atoms with Gasteiger partial charge in [0.15, 0.2) is 11.3 Å². The van der Waals surface area contributed by atoms with Gasteiger partial charge in [-0.05, 0) is 17.9 Å². The van der Waals surface area contributed by atoms with Gasteiger partial charge in [-0.3, -0.25) is 0 Å². The van der Waals surface area contributed by atoms with Crippen LogP contribution in [0.2, 0.25) is 0 Å². The van der Waals surface area contributed by atoms with Gasteiger partial charge in [0.25, 0.3) is 0 Å². The van der Waals surface area contributed by atoms with Crippen molar-refractivity contribution < 1.29 is 4.74 Å². The zero-order chi connectivity index (χ0) is 15.5. The Balaban J connectivity index is 1.54. The molecule has 0 unspecified atom stereocenters. The summed E-state index contributed by atoms with van der Waals surface area (Å²) in [6.07, 6.45) is 0.949. The lowest BCUT2D eigenvalue weighted by Gasteiger charge is -2.27. The summed E-state index contributed by atoms with van der Waals surface area (Å²) in [6.45, 7) is 3.78. The molecule has 1 aliphatic heterocycles. The highest BCUT2D eigenvalue weighted by atomic mass is 32.1. The van der Waals surface area contributed by atoms with E-state index in [-0.39, 0.29) is 0 Å². The van der Waals surface area contributed by atoms with E-state index in [1.807, 2.05) is 0 Å². The molecule has 0 spiro atoms. The topological polar surface area (TPSA) is 91.8 Å². The highest BCUT2D eigenvalue weighted by Gasteiger charge is 2.19. The molecule has 0 bridgehead atoms. The fourth-order valence-electron chi connectivity index (χ4n) is 2.56. The summed E-state index contributed by atoms with van der Waals surface area (Å²) in [5.41, 5.74) is 1.29. The number of anilines is 2. The number of thiophene rings is 1. The number of hydrogen-bond donors (Lipinski definition) is 2. The van der Waals surface area contributed by atoms with E-state index in [4.69, 9.17) is 4.74 Å². The summed E-state index contributed by atoms with van der Waals surface area (Å²) >= 11 is 1.76. The van der Waals surface area contributed by atoms with Gasteiger partial charge in [0.2, 0.25) is 11.6 Å². The van der Waals surface area contributed by atoms with Gasteiger partial charge in [0.1, 0.15) is 0 Å². The maximum atomic E-state index is 5.41. The number of rotatable bonds is 5. The molecule has 0 radical (unpaired) electrons. The first-order chi connectivity index (χ1) is 11.4. The van der Waals surface area contributed by atoms with E-state index in [0.717, 1.165) is 31.9 Å². The number of nitrogens with one attached hydrogen (secondary N) is 2. The van der Waals surface area contributed by atoms with Crippen LogP contribution in [0.5, 0.6) is 0 Å². The van der Waals surface area contributed by atoms with Crippen molar-refractivity contribution in [1.29, 1.82) is 0 Å². The smallest absolute Gasteiger partial charge is 0.226 e. The van der Waals surface area contributed by atoms with Crippen LogP contribution in [0.1, 0.15) is 4.88 Å². The lowest BCUT2D eigenvalue weighted by atomic mass is 10.3. The minimum absolute atomic E-state index is 0.583. The summed E-state index contributed by atoms with van der Waals surface area (Å²) < 4.78 is 5.41. The zero-order valence-corrected chi connectivity index (χ0v) is 13.3. The first-order valence-electron chi connectivity index (χ1n) is 7.57. The van der Waals surface area contributed by atoms with Crippen LogP contribution >= 0.6 is 11.3 Å². The first-order valence-corrected chi connectivity index (χ1v) is 8.45. The Morgan fingerprint density at radius 2 is 2.17 bits per heavy atom. The standard InChI is InChI=1S/C14H17N7OS/c1-2-10(23-9-1)3-4-15-14-16-12-11(18-20-19-12)13(17-14)21-5-7-22-8-6-21/h1-2,9H,3-8H2,(H2,15,16,17,18,19,20). The quantitative estimate of drug-likeness (QED) is 0.728. The van der Waals surface area contributed by atoms with Crippen LogP contribution in [0.4, 0.5) is 11.8 Å². The van der Waals surface area contributed by atoms with E-state index < -0.39 is 0 Å². The second-order valence-electron chi connectivity index (χ2n) is 5.22. The summed E-state index contributed by atoms with van der Waals surface area (Å²) in [6, 6.07) is 4.20. The lowest BCUT2D eigenvalue weighted by molar-refractivity contribution is 0.122. The second kappa shape index (κ2) is 6.47. The number of nitrogens with zero attached hydrogens (tertiary/aromatic N) is 5. The third-order valence-corrected chi connectivity index (χ3v) is 4.65. The SMILES string of the molecule is c1csc(CCNc2nc(N3CCOCC3)c3n[nH]nc3n2)c1. The molecule has 4 rings (SSSR count). The van der Waals surface area contributed by atoms with E-state index in [2.05, 4.69) is 53.1 Å². The Morgan fingerprint density at radius 1 is 1.26 bits per heavy atom. The summed E-state index contributed by atoms with van der Waals surface area (Å²) in [4.78, 5) is 12.6.